The minimum absolute atomic E-state index is 0.840. The Hall–Kier alpha value is -0.860. The Morgan fingerprint density at radius 2 is 2.00 bits per heavy atom. The van der Waals surface area contributed by atoms with Gasteiger partial charge in [0.25, 0.3) is 0 Å². The molecule has 0 unspecified atom stereocenters. The second-order valence-electron chi connectivity index (χ2n) is 1.14. The van der Waals surface area contributed by atoms with Gasteiger partial charge in [-0.25, -0.2) is 0 Å². The van der Waals surface area contributed by atoms with Crippen molar-refractivity contribution in [3.63, 3.8) is 0 Å². The van der Waals surface area contributed by atoms with E-state index in [1.165, 1.54) is 0 Å². The molecule has 36 valence electrons. The third-order valence-corrected chi connectivity index (χ3v) is 0.697. The van der Waals surface area contributed by atoms with Gasteiger partial charge in [0.15, 0.2) is 0 Å². The standard InChI is InChI=1S/C4H5N3/c1-2-7-3-5-6-4-7/h2H2,1H3. The molecule has 0 saturated carbocycles. The first-order valence-electron chi connectivity index (χ1n) is 2.12. The predicted molar refractivity (Wildman–Crippen MR) is 23.4 cm³/mol. The normalized spacial score (nSPS) is 9.29. The van der Waals surface area contributed by atoms with Gasteiger partial charge in [0.05, 0.1) is 0 Å². The number of rotatable bonds is 1. The molecule has 2 radical (unpaired) electrons. The highest BCUT2D eigenvalue weighted by Gasteiger charge is 1.82. The summed E-state index contributed by atoms with van der Waals surface area (Å²) in [4.78, 5) is 0. The first-order chi connectivity index (χ1) is 3.43. The van der Waals surface area contributed by atoms with Crippen LogP contribution in [0.1, 0.15) is 6.92 Å². The van der Waals surface area contributed by atoms with E-state index in [0.29, 0.717) is 0 Å². The monoisotopic (exact) mass is 95.0 g/mol. The van der Waals surface area contributed by atoms with E-state index in [0.717, 1.165) is 6.54 Å². The molecule has 0 bridgehead atoms. The van der Waals surface area contributed by atoms with Crippen molar-refractivity contribution in [2.24, 2.45) is 0 Å². The fourth-order valence-electron chi connectivity index (χ4n) is 0.316. The highest BCUT2D eigenvalue weighted by Crippen LogP contribution is 1.74. The van der Waals surface area contributed by atoms with Gasteiger partial charge >= 0.3 is 0 Å². The Morgan fingerprint density at radius 1 is 1.43 bits per heavy atom. The van der Waals surface area contributed by atoms with Crippen LogP contribution in [0.5, 0.6) is 0 Å². The lowest BCUT2D eigenvalue weighted by molar-refractivity contribution is 0.746. The Balaban J connectivity index is 2.76. The van der Waals surface area contributed by atoms with Crippen molar-refractivity contribution in [2.45, 2.75) is 13.5 Å². The van der Waals surface area contributed by atoms with Gasteiger partial charge in [-0.15, -0.1) is 10.2 Å². The van der Waals surface area contributed by atoms with E-state index in [1.807, 2.05) is 6.92 Å². The number of aromatic nitrogens is 3. The van der Waals surface area contributed by atoms with E-state index in [2.05, 4.69) is 22.9 Å². The second-order valence-corrected chi connectivity index (χ2v) is 1.14. The van der Waals surface area contributed by atoms with Gasteiger partial charge in [0.1, 0.15) is 0 Å². The summed E-state index contributed by atoms with van der Waals surface area (Å²) >= 11 is 0. The molecule has 0 fully saturated rings. The van der Waals surface area contributed by atoms with Gasteiger partial charge < -0.3 is 4.57 Å². The number of aryl methyl sites for hydroxylation is 1. The Labute approximate surface area is 42.0 Å². The van der Waals surface area contributed by atoms with Crippen molar-refractivity contribution in [3.05, 3.63) is 12.7 Å². The van der Waals surface area contributed by atoms with Crippen LogP contribution in [-0.2, 0) is 6.54 Å². The Kier molecular flexibility index (Phi) is 1.06. The van der Waals surface area contributed by atoms with Gasteiger partial charge in [-0.2, -0.15) is 0 Å². The molecule has 0 spiro atoms. The molecule has 3 nitrogen and oxygen atoms in total. The van der Waals surface area contributed by atoms with E-state index < -0.39 is 0 Å². The maximum atomic E-state index is 3.43. The zero-order valence-electron chi connectivity index (χ0n) is 4.05. The zero-order valence-corrected chi connectivity index (χ0v) is 4.05. The lowest BCUT2D eigenvalue weighted by atomic mass is 10.7. The summed E-state index contributed by atoms with van der Waals surface area (Å²) in [6.45, 7) is 2.82. The summed E-state index contributed by atoms with van der Waals surface area (Å²) in [5.74, 6) is 0. The number of hydrogen-bond donors (Lipinski definition) is 0. The molecule has 0 atom stereocenters. The smallest absolute Gasteiger partial charge is 0.202 e. The highest BCUT2D eigenvalue weighted by atomic mass is 15.2. The minimum atomic E-state index is 0.840. The van der Waals surface area contributed by atoms with Crippen LogP contribution >= 0.6 is 0 Å². The predicted octanol–water partition coefficient (Wildman–Crippen LogP) is -0.102. The first kappa shape index (κ1) is 4.30. The fraction of sp³-hybridized carbons (Fsp3) is 0.500. The average molecular weight is 95.1 g/mol. The van der Waals surface area contributed by atoms with Gasteiger partial charge in [0, 0.05) is 6.54 Å². The topological polar surface area (TPSA) is 30.7 Å². The van der Waals surface area contributed by atoms with E-state index >= 15 is 0 Å². The van der Waals surface area contributed by atoms with Gasteiger partial charge in [-0.05, 0) is 6.92 Å². The lowest BCUT2D eigenvalue weighted by Crippen LogP contribution is -1.87. The third kappa shape index (κ3) is 0.765. The summed E-state index contributed by atoms with van der Waals surface area (Å²) in [5, 5.41) is 6.85. The van der Waals surface area contributed by atoms with Crippen LogP contribution in [0.15, 0.2) is 0 Å². The second kappa shape index (κ2) is 1.73. The summed E-state index contributed by atoms with van der Waals surface area (Å²) in [6, 6.07) is 0. The Bertz CT molecular complexity index is 121. The quantitative estimate of drug-likeness (QED) is 0.487. The first-order valence-corrected chi connectivity index (χ1v) is 2.12. The van der Waals surface area contributed by atoms with E-state index in [1.54, 1.807) is 4.57 Å². The van der Waals surface area contributed by atoms with Crippen LogP contribution in [0.3, 0.4) is 0 Å². The molecule has 1 aromatic rings. The van der Waals surface area contributed by atoms with Crippen molar-refractivity contribution >= 4 is 0 Å². The largest absolute Gasteiger partial charge is 0.302 e. The number of nitrogens with zero attached hydrogens (tertiary/aromatic N) is 3. The number of hydrogen-bond acceptors (Lipinski definition) is 2. The maximum Gasteiger partial charge on any atom is 0.202 e. The molecule has 1 heterocycles. The van der Waals surface area contributed by atoms with Crippen LogP contribution in [0.25, 0.3) is 0 Å². The molecule has 0 N–H and O–H groups in total. The van der Waals surface area contributed by atoms with E-state index in [9.17, 15) is 0 Å². The van der Waals surface area contributed by atoms with Gasteiger partial charge in [0.2, 0.25) is 12.7 Å². The zero-order chi connectivity index (χ0) is 5.11. The summed E-state index contributed by atoms with van der Waals surface area (Å²) in [7, 11) is 0. The maximum absolute atomic E-state index is 3.43. The van der Waals surface area contributed by atoms with Crippen molar-refractivity contribution in [1.82, 2.24) is 14.8 Å². The van der Waals surface area contributed by atoms with Gasteiger partial charge in [-0.1, -0.05) is 0 Å². The molecule has 0 aliphatic rings. The average Bonchev–Trinajstić information content (AvgIpc) is 2.14. The van der Waals surface area contributed by atoms with Crippen LogP contribution < -0.4 is 0 Å². The molecular weight excluding hydrogens is 90.1 g/mol. The van der Waals surface area contributed by atoms with Crippen molar-refractivity contribution in [2.75, 3.05) is 0 Å². The molecular formula is C4H5N3. The van der Waals surface area contributed by atoms with Crippen LogP contribution in [0.4, 0.5) is 0 Å². The lowest BCUT2D eigenvalue weighted by Gasteiger charge is -1.83. The fourth-order valence-corrected chi connectivity index (χ4v) is 0.316. The van der Waals surface area contributed by atoms with E-state index in [-0.39, 0.29) is 0 Å². The van der Waals surface area contributed by atoms with Crippen molar-refractivity contribution < 1.29 is 0 Å². The minimum Gasteiger partial charge on any atom is -0.302 e. The van der Waals surface area contributed by atoms with Crippen LogP contribution in [0, 0.1) is 12.7 Å². The Morgan fingerprint density at radius 3 is 2.29 bits per heavy atom. The van der Waals surface area contributed by atoms with Gasteiger partial charge in [-0.3, -0.25) is 0 Å². The molecule has 1 rings (SSSR count). The summed E-state index contributed by atoms with van der Waals surface area (Å²) in [6.07, 6.45) is 5.17. The SMILES string of the molecule is CCn1[c]nn[c]1. The molecule has 0 aliphatic carbocycles. The van der Waals surface area contributed by atoms with Crippen molar-refractivity contribution in [1.29, 1.82) is 0 Å². The van der Waals surface area contributed by atoms with Crippen LogP contribution in [0.2, 0.25) is 0 Å². The molecule has 0 aromatic carbocycles. The van der Waals surface area contributed by atoms with Crippen molar-refractivity contribution in [3.8, 4) is 0 Å². The molecule has 0 aliphatic heterocycles. The molecule has 0 amide bonds. The molecule has 0 saturated heterocycles. The molecule has 3 heteroatoms. The third-order valence-electron chi connectivity index (χ3n) is 0.697. The molecule has 1 aromatic heterocycles. The van der Waals surface area contributed by atoms with Crippen LogP contribution in [-0.4, -0.2) is 14.8 Å². The van der Waals surface area contributed by atoms with E-state index in [4.69, 9.17) is 0 Å². The molecule has 7 heavy (non-hydrogen) atoms. The highest BCUT2D eigenvalue weighted by molar-refractivity contribution is 4.51. The summed E-state index contributed by atoms with van der Waals surface area (Å²) in [5.41, 5.74) is 0. The summed E-state index contributed by atoms with van der Waals surface area (Å²) < 4.78 is 1.65.